The summed E-state index contributed by atoms with van der Waals surface area (Å²) in [5.41, 5.74) is -0.429. The van der Waals surface area contributed by atoms with Gasteiger partial charge in [0, 0.05) is 30.1 Å². The van der Waals surface area contributed by atoms with Crippen LogP contribution in [0, 0.1) is 0 Å². The predicted molar refractivity (Wildman–Crippen MR) is 86.7 cm³/mol. The third-order valence-electron chi connectivity index (χ3n) is 3.53. The van der Waals surface area contributed by atoms with Crippen LogP contribution in [0.25, 0.3) is 0 Å². The van der Waals surface area contributed by atoms with Gasteiger partial charge in [0.15, 0.2) is 0 Å². The van der Waals surface area contributed by atoms with Crippen molar-refractivity contribution in [1.82, 2.24) is 10.2 Å². The molecule has 0 radical (unpaired) electrons. The molecule has 0 bridgehead atoms. The lowest BCUT2D eigenvalue weighted by Gasteiger charge is -2.35. The Balaban J connectivity index is 1.87. The van der Waals surface area contributed by atoms with Crippen molar-refractivity contribution in [2.24, 2.45) is 0 Å². The van der Waals surface area contributed by atoms with E-state index in [2.05, 4.69) is 29.8 Å². The van der Waals surface area contributed by atoms with E-state index in [1.165, 1.54) is 4.88 Å². The third kappa shape index (κ3) is 5.00. The van der Waals surface area contributed by atoms with E-state index in [9.17, 15) is 4.79 Å². The van der Waals surface area contributed by atoms with E-state index in [1.54, 1.807) is 11.3 Å². The van der Waals surface area contributed by atoms with E-state index < -0.39 is 5.60 Å². The van der Waals surface area contributed by atoms with Gasteiger partial charge >= 0.3 is 6.09 Å². The van der Waals surface area contributed by atoms with Crippen molar-refractivity contribution < 1.29 is 9.53 Å². The van der Waals surface area contributed by atoms with E-state index in [0.29, 0.717) is 12.1 Å². The van der Waals surface area contributed by atoms with Crippen LogP contribution in [0.2, 0.25) is 0 Å². The minimum atomic E-state index is -0.429. The number of piperidine rings is 1. The Morgan fingerprint density at radius 2 is 2.29 bits per heavy atom. The molecule has 4 nitrogen and oxygen atoms in total. The lowest BCUT2D eigenvalue weighted by molar-refractivity contribution is 0.0184. The van der Waals surface area contributed by atoms with Crippen molar-refractivity contribution in [1.29, 1.82) is 0 Å². The second-order valence-corrected chi connectivity index (χ2v) is 7.65. The Bertz CT molecular complexity index is 453. The molecule has 1 unspecified atom stereocenters. The molecule has 118 valence electrons. The largest absolute Gasteiger partial charge is 0.444 e. The molecule has 1 aromatic rings. The van der Waals surface area contributed by atoms with Gasteiger partial charge in [0.25, 0.3) is 0 Å². The summed E-state index contributed by atoms with van der Waals surface area (Å²) in [6.07, 6.45) is 1.93. The molecule has 2 atom stereocenters. The van der Waals surface area contributed by atoms with Crippen LogP contribution in [0.4, 0.5) is 4.79 Å². The van der Waals surface area contributed by atoms with Crippen LogP contribution < -0.4 is 5.32 Å². The molecule has 1 fully saturated rings. The zero-order valence-electron chi connectivity index (χ0n) is 13.4. The second kappa shape index (κ2) is 6.79. The van der Waals surface area contributed by atoms with Gasteiger partial charge < -0.3 is 15.0 Å². The van der Waals surface area contributed by atoms with Crippen LogP contribution in [0.15, 0.2) is 17.5 Å². The highest BCUT2D eigenvalue weighted by atomic mass is 32.1. The monoisotopic (exact) mass is 310 g/mol. The van der Waals surface area contributed by atoms with Gasteiger partial charge in [-0.3, -0.25) is 0 Å². The lowest BCUT2D eigenvalue weighted by Crippen LogP contribution is -2.49. The summed E-state index contributed by atoms with van der Waals surface area (Å²) >= 11 is 1.77. The Morgan fingerprint density at radius 1 is 1.52 bits per heavy atom. The van der Waals surface area contributed by atoms with Crippen LogP contribution in [0.1, 0.15) is 51.5 Å². The quantitative estimate of drug-likeness (QED) is 0.923. The summed E-state index contributed by atoms with van der Waals surface area (Å²) in [5.74, 6) is 0. The van der Waals surface area contributed by atoms with Crippen LogP contribution in [0.3, 0.4) is 0 Å². The van der Waals surface area contributed by atoms with Crippen LogP contribution in [0.5, 0.6) is 0 Å². The van der Waals surface area contributed by atoms with E-state index in [4.69, 9.17) is 4.74 Å². The molecule has 1 N–H and O–H groups in total. The van der Waals surface area contributed by atoms with Gasteiger partial charge in [-0.2, -0.15) is 0 Å². The van der Waals surface area contributed by atoms with Gasteiger partial charge in [0.05, 0.1) is 0 Å². The number of carbonyl (C=O) groups excluding carboxylic acids is 1. The molecule has 1 aromatic heterocycles. The molecule has 1 amide bonds. The van der Waals surface area contributed by atoms with Gasteiger partial charge in [-0.05, 0) is 52.0 Å². The van der Waals surface area contributed by atoms with E-state index in [1.807, 2.05) is 25.7 Å². The number of hydrogen-bond donors (Lipinski definition) is 1. The standard InChI is InChI=1S/C16H26N2O2S/c1-12(14-8-6-10-21-14)17-13-7-5-9-18(11-13)15(19)20-16(2,3)4/h6,8,10,12-13,17H,5,7,9,11H2,1-4H3/t12-,13?/m0/s1. The zero-order chi connectivity index (χ0) is 15.5. The Hall–Kier alpha value is -1.07. The number of amides is 1. The van der Waals surface area contributed by atoms with Crippen molar-refractivity contribution in [3.8, 4) is 0 Å². The maximum atomic E-state index is 12.2. The maximum Gasteiger partial charge on any atom is 0.410 e. The number of hydrogen-bond acceptors (Lipinski definition) is 4. The molecule has 2 rings (SSSR count). The van der Waals surface area contributed by atoms with Crippen LogP contribution in [-0.2, 0) is 4.74 Å². The predicted octanol–water partition coefficient (Wildman–Crippen LogP) is 3.80. The van der Waals surface area contributed by atoms with Crippen molar-refractivity contribution in [2.75, 3.05) is 13.1 Å². The van der Waals surface area contributed by atoms with Gasteiger partial charge in [-0.25, -0.2) is 4.79 Å². The highest BCUT2D eigenvalue weighted by Crippen LogP contribution is 2.21. The summed E-state index contributed by atoms with van der Waals surface area (Å²) < 4.78 is 5.46. The fourth-order valence-corrected chi connectivity index (χ4v) is 3.32. The number of nitrogens with one attached hydrogen (secondary N) is 1. The van der Waals surface area contributed by atoms with Crippen LogP contribution >= 0.6 is 11.3 Å². The molecule has 1 saturated heterocycles. The molecular weight excluding hydrogens is 284 g/mol. The van der Waals surface area contributed by atoms with E-state index in [0.717, 1.165) is 25.9 Å². The average Bonchev–Trinajstić information content (AvgIpc) is 2.91. The normalized spacial score (nSPS) is 21.1. The fourth-order valence-electron chi connectivity index (χ4n) is 2.58. The molecule has 0 saturated carbocycles. The first-order valence-corrected chi connectivity index (χ1v) is 8.50. The number of thiophene rings is 1. The third-order valence-corrected chi connectivity index (χ3v) is 4.58. The summed E-state index contributed by atoms with van der Waals surface area (Å²) in [6, 6.07) is 4.89. The van der Waals surface area contributed by atoms with E-state index in [-0.39, 0.29) is 6.09 Å². The molecule has 0 aromatic carbocycles. The average molecular weight is 310 g/mol. The Kier molecular flexibility index (Phi) is 5.27. The zero-order valence-corrected chi connectivity index (χ0v) is 14.2. The molecule has 0 spiro atoms. The van der Waals surface area contributed by atoms with Gasteiger partial charge in [0.2, 0.25) is 0 Å². The Labute approximate surface area is 131 Å². The van der Waals surface area contributed by atoms with Gasteiger partial charge in [-0.1, -0.05) is 6.07 Å². The summed E-state index contributed by atoms with van der Waals surface area (Å²) in [4.78, 5) is 15.3. The second-order valence-electron chi connectivity index (χ2n) is 6.67. The number of rotatable bonds is 3. The smallest absolute Gasteiger partial charge is 0.410 e. The lowest BCUT2D eigenvalue weighted by atomic mass is 10.0. The highest BCUT2D eigenvalue weighted by Gasteiger charge is 2.28. The first-order valence-electron chi connectivity index (χ1n) is 7.62. The van der Waals surface area contributed by atoms with Crippen molar-refractivity contribution in [2.45, 2.75) is 58.2 Å². The molecule has 1 aliphatic heterocycles. The van der Waals surface area contributed by atoms with Gasteiger partial charge in [0.1, 0.15) is 5.60 Å². The number of likely N-dealkylation sites (tertiary alicyclic amines) is 1. The van der Waals surface area contributed by atoms with Crippen molar-refractivity contribution >= 4 is 17.4 Å². The molecule has 1 aliphatic rings. The first-order chi connectivity index (χ1) is 9.85. The molecule has 2 heterocycles. The molecule has 0 aliphatic carbocycles. The Morgan fingerprint density at radius 3 is 2.90 bits per heavy atom. The number of carbonyl (C=O) groups is 1. The van der Waals surface area contributed by atoms with Crippen molar-refractivity contribution in [3.05, 3.63) is 22.4 Å². The SMILES string of the molecule is C[C@H](NC1CCCN(C(=O)OC(C)(C)C)C1)c1cccs1. The fraction of sp³-hybridized carbons (Fsp3) is 0.688. The van der Waals surface area contributed by atoms with Crippen LogP contribution in [-0.4, -0.2) is 35.7 Å². The maximum absolute atomic E-state index is 12.2. The molecule has 21 heavy (non-hydrogen) atoms. The summed E-state index contributed by atoms with van der Waals surface area (Å²) in [7, 11) is 0. The van der Waals surface area contributed by atoms with Gasteiger partial charge in [-0.15, -0.1) is 11.3 Å². The van der Waals surface area contributed by atoms with E-state index >= 15 is 0 Å². The minimum Gasteiger partial charge on any atom is -0.444 e. The van der Waals surface area contributed by atoms with Crippen molar-refractivity contribution in [3.63, 3.8) is 0 Å². The molecule has 5 heteroatoms. The molecular formula is C16H26N2O2S. The highest BCUT2D eigenvalue weighted by molar-refractivity contribution is 7.10. The number of nitrogens with zero attached hydrogens (tertiary/aromatic N) is 1. The first kappa shape index (κ1) is 16.3. The summed E-state index contributed by atoms with van der Waals surface area (Å²) in [6.45, 7) is 9.42. The topological polar surface area (TPSA) is 41.6 Å². The minimum absolute atomic E-state index is 0.197. The summed E-state index contributed by atoms with van der Waals surface area (Å²) in [5, 5.41) is 5.73. The number of ether oxygens (including phenoxy) is 1.